The fourth-order valence-corrected chi connectivity index (χ4v) is 3.97. The van der Waals surface area contributed by atoms with Crippen molar-refractivity contribution >= 4 is 28.1 Å². The summed E-state index contributed by atoms with van der Waals surface area (Å²) < 4.78 is 41.3. The molecule has 10 nitrogen and oxygen atoms in total. The van der Waals surface area contributed by atoms with E-state index in [1.807, 2.05) is 4.90 Å². The number of rotatable bonds is 6. The number of halogens is 3. The first-order valence-corrected chi connectivity index (χ1v) is 9.90. The zero-order valence-electron chi connectivity index (χ0n) is 15.9. The molecule has 14 heteroatoms. The summed E-state index contributed by atoms with van der Waals surface area (Å²) in [6.07, 6.45) is -3.12. The Hall–Kier alpha value is -3.42. The monoisotopic (exact) mass is 455 g/mol. The van der Waals surface area contributed by atoms with Crippen LogP contribution in [0.5, 0.6) is 5.75 Å². The first kappa shape index (κ1) is 20.8. The van der Waals surface area contributed by atoms with Crippen molar-refractivity contribution in [2.75, 3.05) is 36.0 Å². The van der Waals surface area contributed by atoms with E-state index in [9.17, 15) is 18.0 Å². The fraction of sp³-hybridized carbons (Fsp3) is 0.353. The van der Waals surface area contributed by atoms with Gasteiger partial charge < -0.3 is 19.6 Å². The number of anilines is 2. The lowest BCUT2D eigenvalue weighted by Gasteiger charge is -2.36. The molecular weight excluding hydrogens is 439 g/mol. The average molecular weight is 455 g/mol. The minimum atomic E-state index is -4.73. The normalized spacial score (nSPS) is 14.7. The number of carbonyl (C=O) groups is 1. The molecule has 0 atom stereocenters. The molecule has 3 aromatic rings. The quantitative estimate of drug-likeness (QED) is 0.598. The van der Waals surface area contributed by atoms with Gasteiger partial charge in [-0.1, -0.05) is 17.4 Å². The molecule has 0 unspecified atom stereocenters. The topological polar surface area (TPSA) is 109 Å². The summed E-state index contributed by atoms with van der Waals surface area (Å²) in [7, 11) is 0. The zero-order valence-corrected chi connectivity index (χ0v) is 16.7. The minimum Gasteiger partial charge on any atom is -0.480 e. The summed E-state index contributed by atoms with van der Waals surface area (Å²) in [5.74, 6) is -1.02. The molecule has 0 saturated carbocycles. The third-order valence-electron chi connectivity index (χ3n) is 4.41. The standard InChI is InChI=1S/C17H16F3N7O3S/c18-17(19,20)30-12-3-1-2-11(8-12)25-4-6-26(7-5-25)16-21-9-13(31-16)15-22-24-27(23-15)10-14(28)29/h1-3,8-9H,4-7,10H2,(H,28,29). The van der Waals surface area contributed by atoms with Crippen LogP contribution in [0.25, 0.3) is 10.7 Å². The lowest BCUT2D eigenvalue weighted by Crippen LogP contribution is -2.46. The second-order valence-electron chi connectivity index (χ2n) is 6.56. The van der Waals surface area contributed by atoms with Gasteiger partial charge in [0.1, 0.15) is 5.75 Å². The van der Waals surface area contributed by atoms with Crippen molar-refractivity contribution in [2.45, 2.75) is 12.9 Å². The van der Waals surface area contributed by atoms with Crippen molar-refractivity contribution in [2.24, 2.45) is 0 Å². The van der Waals surface area contributed by atoms with Gasteiger partial charge in [0.05, 0.1) is 11.1 Å². The molecule has 0 radical (unpaired) electrons. The van der Waals surface area contributed by atoms with Gasteiger partial charge in [0, 0.05) is 37.9 Å². The van der Waals surface area contributed by atoms with Gasteiger partial charge in [-0.3, -0.25) is 4.79 Å². The third-order valence-corrected chi connectivity index (χ3v) is 5.46. The number of piperazine rings is 1. The van der Waals surface area contributed by atoms with Crippen LogP contribution in [0.1, 0.15) is 0 Å². The number of carboxylic acids is 1. The van der Waals surface area contributed by atoms with Crippen molar-refractivity contribution < 1.29 is 27.8 Å². The molecule has 0 amide bonds. The third kappa shape index (κ3) is 5.20. The highest BCUT2D eigenvalue weighted by Crippen LogP contribution is 2.31. The van der Waals surface area contributed by atoms with Crippen LogP contribution >= 0.6 is 11.3 Å². The van der Waals surface area contributed by atoms with E-state index in [1.54, 1.807) is 12.3 Å². The Kier molecular flexibility index (Phi) is 5.63. The number of aromatic nitrogens is 5. The predicted molar refractivity (Wildman–Crippen MR) is 104 cm³/mol. The fourth-order valence-electron chi connectivity index (χ4n) is 3.08. The van der Waals surface area contributed by atoms with Crippen molar-refractivity contribution in [3.05, 3.63) is 30.5 Å². The van der Waals surface area contributed by atoms with E-state index in [0.29, 0.717) is 42.6 Å². The van der Waals surface area contributed by atoms with E-state index in [0.717, 1.165) is 9.93 Å². The Balaban J connectivity index is 1.38. The molecule has 0 aliphatic carbocycles. The van der Waals surface area contributed by atoms with Crippen LogP contribution in [0.4, 0.5) is 24.0 Å². The molecule has 3 heterocycles. The molecule has 31 heavy (non-hydrogen) atoms. The van der Waals surface area contributed by atoms with Gasteiger partial charge >= 0.3 is 12.3 Å². The molecule has 1 aliphatic rings. The zero-order chi connectivity index (χ0) is 22.0. The summed E-state index contributed by atoms with van der Waals surface area (Å²) in [6, 6.07) is 5.91. The summed E-state index contributed by atoms with van der Waals surface area (Å²) in [5, 5.41) is 21.1. The van der Waals surface area contributed by atoms with Gasteiger partial charge in [-0.2, -0.15) is 4.80 Å². The van der Waals surface area contributed by atoms with E-state index < -0.39 is 12.3 Å². The largest absolute Gasteiger partial charge is 0.573 e. The Morgan fingerprint density at radius 2 is 1.94 bits per heavy atom. The number of nitrogens with zero attached hydrogens (tertiary/aromatic N) is 7. The van der Waals surface area contributed by atoms with Crippen molar-refractivity contribution in [3.63, 3.8) is 0 Å². The van der Waals surface area contributed by atoms with E-state index in [4.69, 9.17) is 5.11 Å². The summed E-state index contributed by atoms with van der Waals surface area (Å²) in [5.41, 5.74) is 0.653. The number of thiazole rings is 1. The summed E-state index contributed by atoms with van der Waals surface area (Å²) >= 11 is 1.36. The summed E-state index contributed by atoms with van der Waals surface area (Å²) in [4.78, 5) is 20.8. The second kappa shape index (κ2) is 8.37. The van der Waals surface area contributed by atoms with Gasteiger partial charge in [0.15, 0.2) is 11.7 Å². The highest BCUT2D eigenvalue weighted by molar-refractivity contribution is 7.18. The number of carboxylic acid groups (broad SMARTS) is 1. The predicted octanol–water partition coefficient (Wildman–Crippen LogP) is 2.11. The lowest BCUT2D eigenvalue weighted by molar-refractivity contribution is -0.274. The molecule has 4 rings (SSSR count). The van der Waals surface area contributed by atoms with Crippen LogP contribution in [-0.2, 0) is 11.3 Å². The lowest BCUT2D eigenvalue weighted by atomic mass is 10.2. The molecule has 1 aromatic carbocycles. The molecule has 1 N–H and O–H groups in total. The van der Waals surface area contributed by atoms with Gasteiger partial charge in [0.2, 0.25) is 5.82 Å². The van der Waals surface area contributed by atoms with Crippen LogP contribution in [0.3, 0.4) is 0 Å². The molecule has 1 fully saturated rings. The van der Waals surface area contributed by atoms with Crippen molar-refractivity contribution in [3.8, 4) is 16.5 Å². The van der Waals surface area contributed by atoms with Gasteiger partial charge in [0.25, 0.3) is 0 Å². The number of tetrazole rings is 1. The van der Waals surface area contributed by atoms with E-state index in [1.165, 1.54) is 29.5 Å². The SMILES string of the molecule is O=C(O)Cn1nnc(-c2cnc(N3CCN(c4cccc(OC(F)(F)F)c4)CC3)s2)n1. The smallest absolute Gasteiger partial charge is 0.480 e. The van der Waals surface area contributed by atoms with Crippen molar-refractivity contribution in [1.29, 1.82) is 0 Å². The number of aliphatic carboxylic acids is 1. The molecule has 2 aromatic heterocycles. The molecule has 164 valence electrons. The number of hydrogen-bond acceptors (Lipinski definition) is 9. The van der Waals surface area contributed by atoms with Gasteiger partial charge in [-0.05, 0) is 17.3 Å². The Morgan fingerprint density at radius 1 is 1.19 bits per heavy atom. The van der Waals surface area contributed by atoms with Crippen LogP contribution in [0, 0.1) is 0 Å². The number of hydrogen-bond donors (Lipinski definition) is 1. The molecule has 1 saturated heterocycles. The van der Waals surface area contributed by atoms with Crippen LogP contribution in [0.2, 0.25) is 0 Å². The average Bonchev–Trinajstić information content (AvgIpc) is 3.36. The molecular formula is C17H16F3N7O3S. The highest BCUT2D eigenvalue weighted by atomic mass is 32.1. The van der Waals surface area contributed by atoms with Gasteiger partial charge in [-0.25, -0.2) is 4.98 Å². The molecule has 0 spiro atoms. The molecule has 0 bridgehead atoms. The van der Waals surface area contributed by atoms with E-state index >= 15 is 0 Å². The minimum absolute atomic E-state index is 0.250. The van der Waals surface area contributed by atoms with Crippen molar-refractivity contribution in [1.82, 2.24) is 25.2 Å². The van der Waals surface area contributed by atoms with Crippen LogP contribution in [-0.4, -0.2) is 68.8 Å². The maximum Gasteiger partial charge on any atom is 0.573 e. The Morgan fingerprint density at radius 3 is 2.65 bits per heavy atom. The highest BCUT2D eigenvalue weighted by Gasteiger charge is 2.31. The number of benzene rings is 1. The first-order chi connectivity index (χ1) is 14.8. The summed E-state index contributed by atoms with van der Waals surface area (Å²) in [6.45, 7) is 2.05. The Bertz CT molecular complexity index is 1060. The van der Waals surface area contributed by atoms with E-state index in [2.05, 4.69) is 30.0 Å². The maximum absolute atomic E-state index is 12.4. The van der Waals surface area contributed by atoms with Crippen LogP contribution < -0.4 is 14.5 Å². The second-order valence-corrected chi connectivity index (χ2v) is 7.57. The molecule has 1 aliphatic heterocycles. The maximum atomic E-state index is 12.4. The number of ether oxygens (including phenoxy) is 1. The first-order valence-electron chi connectivity index (χ1n) is 9.08. The van der Waals surface area contributed by atoms with Crippen LogP contribution in [0.15, 0.2) is 30.5 Å². The number of alkyl halides is 3. The Labute approximate surface area is 177 Å². The van der Waals surface area contributed by atoms with Gasteiger partial charge in [-0.15, -0.1) is 23.4 Å². The van der Waals surface area contributed by atoms with E-state index in [-0.39, 0.29) is 12.3 Å².